The molecule has 1 aliphatic carbocycles. The van der Waals surface area contributed by atoms with Crippen molar-refractivity contribution in [2.45, 2.75) is 18.6 Å². The maximum Gasteiger partial charge on any atom is 0.264 e. The molecule has 0 aromatic carbocycles. The third-order valence-electron chi connectivity index (χ3n) is 1.99. The second-order valence-electron chi connectivity index (χ2n) is 2.71. The SMILES string of the molecule is CO[C+]1[CH]C(OC)[CH+]C(OC)C1. The smallest absolute Gasteiger partial charge is 0.264 e. The summed E-state index contributed by atoms with van der Waals surface area (Å²) in [5.41, 5.74) is 0. The molecular weight excluding hydrogens is 156 g/mol. The van der Waals surface area contributed by atoms with Crippen LogP contribution in [0.15, 0.2) is 0 Å². The fourth-order valence-corrected chi connectivity index (χ4v) is 1.24. The van der Waals surface area contributed by atoms with Gasteiger partial charge in [0.25, 0.3) is 18.6 Å². The number of rotatable bonds is 3. The van der Waals surface area contributed by atoms with Gasteiger partial charge < -0.3 is 9.47 Å². The zero-order valence-corrected chi connectivity index (χ0v) is 7.74. The Morgan fingerprint density at radius 3 is 2.58 bits per heavy atom. The van der Waals surface area contributed by atoms with Crippen LogP contribution in [0.4, 0.5) is 0 Å². The summed E-state index contributed by atoms with van der Waals surface area (Å²) < 4.78 is 15.5. The molecule has 1 radical (unpaired) electrons. The van der Waals surface area contributed by atoms with Crippen LogP contribution in [0.2, 0.25) is 0 Å². The fourth-order valence-electron chi connectivity index (χ4n) is 1.24. The van der Waals surface area contributed by atoms with Gasteiger partial charge in [0.2, 0.25) is 6.10 Å². The van der Waals surface area contributed by atoms with Crippen LogP contribution in [0, 0.1) is 18.9 Å². The predicted octanol–water partition coefficient (Wildman–Crippen LogP) is 1.01. The number of methoxy groups -OCH3 is 3. The van der Waals surface area contributed by atoms with E-state index in [0.29, 0.717) is 0 Å². The fraction of sp³-hybridized carbons (Fsp3) is 0.667. The summed E-state index contributed by atoms with van der Waals surface area (Å²) in [5.74, 6) is 0. The van der Waals surface area contributed by atoms with Crippen molar-refractivity contribution < 1.29 is 14.2 Å². The van der Waals surface area contributed by atoms with Crippen LogP contribution in [0.5, 0.6) is 0 Å². The Morgan fingerprint density at radius 2 is 2.08 bits per heavy atom. The highest BCUT2D eigenvalue weighted by Crippen LogP contribution is 2.28. The molecule has 0 spiro atoms. The van der Waals surface area contributed by atoms with E-state index in [9.17, 15) is 0 Å². The Kier molecular flexibility index (Phi) is 3.72. The molecule has 0 aromatic heterocycles. The zero-order valence-electron chi connectivity index (χ0n) is 7.74. The Bertz CT molecular complexity index is 97.2. The Labute approximate surface area is 74.0 Å². The Morgan fingerprint density at radius 1 is 1.33 bits per heavy atom. The lowest BCUT2D eigenvalue weighted by Gasteiger charge is -2.16. The lowest BCUT2D eigenvalue weighted by Crippen LogP contribution is -2.33. The molecule has 0 aliphatic heterocycles. The third-order valence-corrected chi connectivity index (χ3v) is 1.99. The topological polar surface area (TPSA) is 27.7 Å². The summed E-state index contributed by atoms with van der Waals surface area (Å²) >= 11 is 0. The number of hydrogen-bond acceptors (Lipinski definition) is 3. The first-order valence-electron chi connectivity index (χ1n) is 3.95. The molecule has 3 nitrogen and oxygen atoms in total. The van der Waals surface area contributed by atoms with Gasteiger partial charge >= 0.3 is 0 Å². The lowest BCUT2D eigenvalue weighted by atomic mass is 9.92. The van der Waals surface area contributed by atoms with Crippen molar-refractivity contribution in [2.24, 2.45) is 0 Å². The van der Waals surface area contributed by atoms with Crippen LogP contribution in [0.25, 0.3) is 0 Å². The molecule has 67 valence electrons. The molecule has 0 N–H and O–H groups in total. The van der Waals surface area contributed by atoms with Crippen LogP contribution in [0.1, 0.15) is 6.42 Å². The van der Waals surface area contributed by atoms with E-state index in [4.69, 9.17) is 14.2 Å². The summed E-state index contributed by atoms with van der Waals surface area (Å²) in [4.78, 5) is 0. The molecule has 0 saturated heterocycles. The third kappa shape index (κ3) is 2.30. The van der Waals surface area contributed by atoms with E-state index in [2.05, 4.69) is 0 Å². The summed E-state index contributed by atoms with van der Waals surface area (Å²) in [5, 5.41) is 0. The minimum Gasteiger partial charge on any atom is -0.337 e. The molecule has 3 heteroatoms. The molecule has 1 aliphatic rings. The second-order valence-corrected chi connectivity index (χ2v) is 2.71. The Balaban J connectivity index is 2.41. The first-order valence-corrected chi connectivity index (χ1v) is 3.95. The van der Waals surface area contributed by atoms with Gasteiger partial charge in [0, 0.05) is 14.2 Å². The molecule has 0 aromatic rings. The monoisotopic (exact) mass is 171 g/mol. The molecule has 2 atom stereocenters. The number of ether oxygens (including phenoxy) is 3. The first-order chi connectivity index (χ1) is 5.80. The average molecular weight is 171 g/mol. The molecule has 12 heavy (non-hydrogen) atoms. The van der Waals surface area contributed by atoms with Crippen molar-refractivity contribution >= 4 is 0 Å². The van der Waals surface area contributed by atoms with Crippen molar-refractivity contribution in [2.75, 3.05) is 21.3 Å². The molecule has 1 rings (SSSR count). The highest BCUT2D eigenvalue weighted by atomic mass is 16.5. The van der Waals surface area contributed by atoms with Gasteiger partial charge in [-0.2, -0.15) is 4.74 Å². The second kappa shape index (κ2) is 4.60. The molecule has 0 heterocycles. The van der Waals surface area contributed by atoms with E-state index in [0.717, 1.165) is 12.5 Å². The van der Waals surface area contributed by atoms with E-state index >= 15 is 0 Å². The highest BCUT2D eigenvalue weighted by molar-refractivity contribution is 5.14. The summed E-state index contributed by atoms with van der Waals surface area (Å²) in [6.45, 7) is 0. The summed E-state index contributed by atoms with van der Waals surface area (Å²) in [6, 6.07) is 0. The van der Waals surface area contributed by atoms with Crippen LogP contribution < -0.4 is 0 Å². The molecule has 1 fully saturated rings. The van der Waals surface area contributed by atoms with Crippen LogP contribution in [-0.2, 0) is 14.2 Å². The average Bonchev–Trinajstić information content (AvgIpc) is 2.16. The highest BCUT2D eigenvalue weighted by Gasteiger charge is 2.46. The van der Waals surface area contributed by atoms with Gasteiger partial charge in [0.15, 0.2) is 6.42 Å². The number of hydrogen-bond donors (Lipinski definition) is 0. The van der Waals surface area contributed by atoms with E-state index in [1.807, 2.05) is 12.8 Å². The zero-order chi connectivity index (χ0) is 8.97. The van der Waals surface area contributed by atoms with E-state index in [1.165, 1.54) is 0 Å². The van der Waals surface area contributed by atoms with Crippen molar-refractivity contribution in [1.82, 2.24) is 0 Å². The maximum absolute atomic E-state index is 5.20. The normalized spacial score (nSPS) is 30.1. The summed E-state index contributed by atoms with van der Waals surface area (Å²) in [7, 11) is 5.02. The van der Waals surface area contributed by atoms with E-state index in [1.54, 1.807) is 21.3 Å². The first kappa shape index (κ1) is 9.71. The molecular formula is C9H15O3+2. The Hall–Kier alpha value is -0.380. The van der Waals surface area contributed by atoms with Crippen LogP contribution >= 0.6 is 0 Å². The standard InChI is InChI=1S/C9H15O3/c1-10-7-4-8(11-2)6-9(5-7)12-3/h4-5,7-8H,6H2,1-3H3/q+2. The predicted molar refractivity (Wildman–Crippen MR) is 45.1 cm³/mol. The van der Waals surface area contributed by atoms with Gasteiger partial charge in [0.1, 0.15) is 6.42 Å². The largest absolute Gasteiger partial charge is 0.337 e. The van der Waals surface area contributed by atoms with Crippen LogP contribution in [0.3, 0.4) is 0 Å². The molecule has 1 saturated carbocycles. The maximum atomic E-state index is 5.20. The van der Waals surface area contributed by atoms with Crippen molar-refractivity contribution in [3.8, 4) is 0 Å². The van der Waals surface area contributed by atoms with Gasteiger partial charge in [0.05, 0.1) is 7.11 Å². The van der Waals surface area contributed by atoms with E-state index < -0.39 is 0 Å². The van der Waals surface area contributed by atoms with Gasteiger partial charge in [-0.25, -0.2) is 0 Å². The van der Waals surface area contributed by atoms with Gasteiger partial charge in [-0.05, 0) is 0 Å². The minimum atomic E-state index is 0.0126. The van der Waals surface area contributed by atoms with Gasteiger partial charge in [-0.1, -0.05) is 0 Å². The lowest BCUT2D eigenvalue weighted by molar-refractivity contribution is 0.0341. The van der Waals surface area contributed by atoms with Gasteiger partial charge in [-0.15, -0.1) is 0 Å². The molecule has 0 amide bonds. The summed E-state index contributed by atoms with van der Waals surface area (Å²) in [6.07, 6.45) is 5.81. The molecule has 0 bridgehead atoms. The van der Waals surface area contributed by atoms with Crippen LogP contribution in [-0.4, -0.2) is 33.5 Å². The minimum absolute atomic E-state index is 0.0126. The quantitative estimate of drug-likeness (QED) is 0.593. The van der Waals surface area contributed by atoms with Crippen molar-refractivity contribution in [3.63, 3.8) is 0 Å². The molecule has 2 unspecified atom stereocenters. The van der Waals surface area contributed by atoms with Crippen molar-refractivity contribution in [1.29, 1.82) is 0 Å². The van der Waals surface area contributed by atoms with Gasteiger partial charge in [-0.3, -0.25) is 0 Å². The van der Waals surface area contributed by atoms with E-state index in [-0.39, 0.29) is 12.2 Å². The van der Waals surface area contributed by atoms with Crippen molar-refractivity contribution in [3.05, 3.63) is 18.9 Å².